The van der Waals surface area contributed by atoms with Gasteiger partial charge < -0.3 is 15.9 Å². The van der Waals surface area contributed by atoms with Crippen LogP contribution in [0.1, 0.15) is 24.2 Å². The lowest BCUT2D eigenvalue weighted by atomic mass is 10.0. The molecule has 0 fully saturated rings. The minimum absolute atomic E-state index is 0.00500. The SMILES string of the molecule is CC(=O)SCC(O)C(O)c1cc(CN)ccc1F. The summed E-state index contributed by atoms with van der Waals surface area (Å²) in [6.07, 6.45) is -2.58. The van der Waals surface area contributed by atoms with Crippen molar-refractivity contribution < 1.29 is 19.4 Å². The van der Waals surface area contributed by atoms with E-state index < -0.39 is 18.0 Å². The van der Waals surface area contributed by atoms with Gasteiger partial charge in [-0.05, 0) is 17.7 Å². The molecule has 1 rings (SSSR count). The van der Waals surface area contributed by atoms with Crippen LogP contribution in [0.25, 0.3) is 0 Å². The zero-order chi connectivity index (χ0) is 13.7. The molecule has 0 amide bonds. The highest BCUT2D eigenvalue weighted by Crippen LogP contribution is 2.23. The Balaban J connectivity index is 2.81. The molecule has 0 aromatic heterocycles. The molecule has 6 heteroatoms. The smallest absolute Gasteiger partial charge is 0.185 e. The Morgan fingerprint density at radius 2 is 2.17 bits per heavy atom. The molecule has 2 unspecified atom stereocenters. The normalized spacial score (nSPS) is 14.3. The molecule has 1 aromatic carbocycles. The summed E-state index contributed by atoms with van der Waals surface area (Å²) in [4.78, 5) is 10.8. The van der Waals surface area contributed by atoms with Crippen molar-refractivity contribution in [3.63, 3.8) is 0 Å². The molecule has 0 spiro atoms. The number of hydrogen-bond donors (Lipinski definition) is 3. The molecule has 0 radical (unpaired) electrons. The fourth-order valence-corrected chi connectivity index (χ4v) is 2.04. The fraction of sp³-hybridized carbons (Fsp3) is 0.417. The fourth-order valence-electron chi connectivity index (χ4n) is 1.45. The van der Waals surface area contributed by atoms with Crippen molar-refractivity contribution in [2.24, 2.45) is 5.73 Å². The Kier molecular flexibility index (Phi) is 5.74. The maximum atomic E-state index is 13.5. The molecule has 4 N–H and O–H groups in total. The van der Waals surface area contributed by atoms with Gasteiger partial charge >= 0.3 is 0 Å². The minimum atomic E-state index is -1.37. The predicted octanol–water partition coefficient (Wildman–Crippen LogP) is 0.958. The lowest BCUT2D eigenvalue weighted by molar-refractivity contribution is -0.109. The number of rotatable bonds is 5. The second kappa shape index (κ2) is 6.84. The summed E-state index contributed by atoms with van der Waals surface area (Å²) in [5.74, 6) is -0.588. The first-order valence-corrected chi connectivity index (χ1v) is 6.42. The van der Waals surface area contributed by atoms with Crippen molar-refractivity contribution in [3.8, 4) is 0 Å². The first-order chi connectivity index (χ1) is 8.45. The number of carbonyl (C=O) groups excluding carboxylic acids is 1. The molecule has 0 saturated heterocycles. The van der Waals surface area contributed by atoms with Gasteiger partial charge in [-0.15, -0.1) is 0 Å². The van der Waals surface area contributed by atoms with Gasteiger partial charge in [0, 0.05) is 24.8 Å². The predicted molar refractivity (Wildman–Crippen MR) is 68.4 cm³/mol. The number of benzene rings is 1. The lowest BCUT2D eigenvalue weighted by Crippen LogP contribution is -2.22. The molecule has 2 atom stereocenters. The van der Waals surface area contributed by atoms with Crippen LogP contribution < -0.4 is 5.73 Å². The van der Waals surface area contributed by atoms with Gasteiger partial charge in [-0.3, -0.25) is 4.79 Å². The molecule has 0 aliphatic carbocycles. The third kappa shape index (κ3) is 4.06. The van der Waals surface area contributed by atoms with Crippen LogP contribution in [0.2, 0.25) is 0 Å². The summed E-state index contributed by atoms with van der Waals surface area (Å²) in [7, 11) is 0. The molecule has 4 nitrogen and oxygen atoms in total. The van der Waals surface area contributed by atoms with Crippen LogP contribution in [-0.2, 0) is 11.3 Å². The number of aliphatic hydroxyl groups is 2. The van der Waals surface area contributed by atoms with E-state index in [9.17, 15) is 19.4 Å². The molecule has 0 saturated carbocycles. The lowest BCUT2D eigenvalue weighted by Gasteiger charge is -2.18. The number of hydrogen-bond acceptors (Lipinski definition) is 5. The summed E-state index contributed by atoms with van der Waals surface area (Å²) in [6, 6.07) is 4.13. The molecule has 0 heterocycles. The standard InChI is InChI=1S/C12H16FNO3S/c1-7(15)18-6-11(16)12(17)9-4-8(5-14)2-3-10(9)13/h2-4,11-12,16-17H,5-6,14H2,1H3. The van der Waals surface area contributed by atoms with E-state index in [0.717, 1.165) is 11.8 Å². The van der Waals surface area contributed by atoms with Crippen LogP contribution in [0, 0.1) is 5.82 Å². The van der Waals surface area contributed by atoms with Crippen molar-refractivity contribution in [3.05, 3.63) is 35.1 Å². The molecule has 1 aromatic rings. The number of aliphatic hydroxyl groups excluding tert-OH is 2. The van der Waals surface area contributed by atoms with Crippen LogP contribution in [0.3, 0.4) is 0 Å². The summed E-state index contributed by atoms with van der Waals surface area (Å²) < 4.78 is 13.5. The second-order valence-corrected chi connectivity index (χ2v) is 5.07. The average molecular weight is 273 g/mol. The van der Waals surface area contributed by atoms with E-state index in [-0.39, 0.29) is 23.0 Å². The highest BCUT2D eigenvalue weighted by molar-refractivity contribution is 8.13. The van der Waals surface area contributed by atoms with Gasteiger partial charge in [-0.1, -0.05) is 17.8 Å². The van der Waals surface area contributed by atoms with Crippen LogP contribution in [0.4, 0.5) is 4.39 Å². The van der Waals surface area contributed by atoms with Crippen LogP contribution in [0.15, 0.2) is 18.2 Å². The summed E-state index contributed by atoms with van der Waals surface area (Å²) >= 11 is 0.882. The van der Waals surface area contributed by atoms with E-state index in [0.29, 0.717) is 5.56 Å². The quantitative estimate of drug-likeness (QED) is 0.744. The second-order valence-electron chi connectivity index (χ2n) is 3.87. The van der Waals surface area contributed by atoms with E-state index in [1.807, 2.05) is 0 Å². The van der Waals surface area contributed by atoms with Gasteiger partial charge in [-0.2, -0.15) is 0 Å². The summed E-state index contributed by atoms with van der Waals surface area (Å²) in [6.45, 7) is 1.58. The Labute approximate surface area is 109 Å². The van der Waals surface area contributed by atoms with Crippen molar-refractivity contribution in [1.82, 2.24) is 0 Å². The number of thioether (sulfide) groups is 1. The average Bonchev–Trinajstić information content (AvgIpc) is 2.35. The van der Waals surface area contributed by atoms with Crippen molar-refractivity contribution >= 4 is 16.9 Å². The van der Waals surface area contributed by atoms with Crippen molar-refractivity contribution in [2.45, 2.75) is 25.7 Å². The maximum Gasteiger partial charge on any atom is 0.185 e. The van der Waals surface area contributed by atoms with E-state index in [1.54, 1.807) is 0 Å². The third-order valence-corrected chi connectivity index (χ3v) is 3.35. The molecule has 100 valence electrons. The van der Waals surface area contributed by atoms with Crippen LogP contribution >= 0.6 is 11.8 Å². The van der Waals surface area contributed by atoms with Gasteiger partial charge in [0.1, 0.15) is 11.9 Å². The van der Waals surface area contributed by atoms with E-state index in [2.05, 4.69) is 0 Å². The highest BCUT2D eigenvalue weighted by Gasteiger charge is 2.22. The Morgan fingerprint density at radius 3 is 2.72 bits per heavy atom. The molecule has 0 aliphatic rings. The largest absolute Gasteiger partial charge is 0.389 e. The van der Waals surface area contributed by atoms with Gasteiger partial charge in [0.2, 0.25) is 0 Å². The molecular weight excluding hydrogens is 257 g/mol. The third-order valence-electron chi connectivity index (χ3n) is 2.44. The molecule has 0 aliphatic heterocycles. The minimum Gasteiger partial charge on any atom is -0.389 e. The van der Waals surface area contributed by atoms with Gasteiger partial charge in [-0.25, -0.2) is 4.39 Å². The first-order valence-electron chi connectivity index (χ1n) is 5.43. The van der Waals surface area contributed by atoms with Crippen LogP contribution in [0.5, 0.6) is 0 Å². The van der Waals surface area contributed by atoms with Gasteiger partial charge in [0.05, 0.1) is 6.10 Å². The summed E-state index contributed by atoms with van der Waals surface area (Å²) in [5.41, 5.74) is 6.09. The highest BCUT2D eigenvalue weighted by atomic mass is 32.2. The van der Waals surface area contributed by atoms with E-state index >= 15 is 0 Å². The first kappa shape index (κ1) is 15.1. The van der Waals surface area contributed by atoms with Crippen molar-refractivity contribution in [1.29, 1.82) is 0 Å². The number of carbonyl (C=O) groups is 1. The van der Waals surface area contributed by atoms with Crippen LogP contribution in [-0.4, -0.2) is 27.2 Å². The summed E-state index contributed by atoms with van der Waals surface area (Å²) in [5, 5.41) is 19.4. The molecular formula is C12H16FNO3S. The molecule has 18 heavy (non-hydrogen) atoms. The van der Waals surface area contributed by atoms with Crippen molar-refractivity contribution in [2.75, 3.05) is 5.75 Å². The number of nitrogens with two attached hydrogens (primary N) is 1. The van der Waals surface area contributed by atoms with E-state index in [4.69, 9.17) is 5.73 Å². The zero-order valence-corrected chi connectivity index (χ0v) is 10.8. The Hall–Kier alpha value is -0.950. The topological polar surface area (TPSA) is 83.5 Å². The Bertz CT molecular complexity index is 428. The maximum absolute atomic E-state index is 13.5. The van der Waals surface area contributed by atoms with Gasteiger partial charge in [0.15, 0.2) is 5.12 Å². The molecule has 0 bridgehead atoms. The van der Waals surface area contributed by atoms with Gasteiger partial charge in [0.25, 0.3) is 0 Å². The zero-order valence-electron chi connectivity index (χ0n) is 9.97. The number of halogens is 1. The van der Waals surface area contributed by atoms with E-state index in [1.165, 1.54) is 25.1 Å². The monoisotopic (exact) mass is 273 g/mol. The Morgan fingerprint density at radius 1 is 1.50 bits per heavy atom.